The molecule has 1 aromatic heterocycles. The second-order valence-corrected chi connectivity index (χ2v) is 9.89. The Balaban J connectivity index is 1.65. The van der Waals surface area contributed by atoms with Crippen LogP contribution in [0.15, 0.2) is 53.1 Å². The first-order valence-electron chi connectivity index (χ1n) is 14.2. The molecule has 0 aliphatic heterocycles. The molecule has 3 aromatic rings. The second kappa shape index (κ2) is 16.5. The number of hydrogen-bond acceptors (Lipinski definition) is 6. The molecule has 0 fully saturated rings. The highest BCUT2D eigenvalue weighted by atomic mass is 16.5. The number of carbonyl (C=O) groups is 1. The van der Waals surface area contributed by atoms with Gasteiger partial charge in [-0.1, -0.05) is 100 Å². The summed E-state index contributed by atoms with van der Waals surface area (Å²) in [5, 5.41) is 7.29. The molecule has 2 aromatic carbocycles. The van der Waals surface area contributed by atoms with Crippen molar-refractivity contribution in [2.24, 2.45) is 0 Å². The van der Waals surface area contributed by atoms with E-state index in [2.05, 4.69) is 17.4 Å². The van der Waals surface area contributed by atoms with Crippen LogP contribution < -0.4 is 19.5 Å². The molecule has 1 amide bonds. The smallest absolute Gasteiger partial charge is 0.239 e. The molecular formula is C32H44N2O5. The summed E-state index contributed by atoms with van der Waals surface area (Å²) in [6.45, 7) is 2.26. The molecule has 212 valence electrons. The minimum Gasteiger partial charge on any atom is -0.496 e. The van der Waals surface area contributed by atoms with Gasteiger partial charge in [0.05, 0.1) is 27.0 Å². The lowest BCUT2D eigenvalue weighted by Gasteiger charge is -2.19. The number of methoxy groups -OCH3 is 3. The number of hydrogen-bond donors (Lipinski definition) is 1. The van der Waals surface area contributed by atoms with Gasteiger partial charge in [0.25, 0.3) is 0 Å². The van der Waals surface area contributed by atoms with E-state index in [-0.39, 0.29) is 5.91 Å². The number of ether oxygens (including phenoxy) is 3. The lowest BCUT2D eigenvalue weighted by molar-refractivity contribution is -0.117. The normalized spacial score (nSPS) is 11.7. The van der Waals surface area contributed by atoms with Gasteiger partial charge in [-0.25, -0.2) is 0 Å². The molecule has 3 rings (SSSR count). The Morgan fingerprint density at radius 2 is 1.41 bits per heavy atom. The van der Waals surface area contributed by atoms with Gasteiger partial charge in [0, 0.05) is 18.2 Å². The van der Waals surface area contributed by atoms with Crippen molar-refractivity contribution in [1.29, 1.82) is 0 Å². The first-order chi connectivity index (χ1) is 19.1. The molecule has 0 aliphatic rings. The highest BCUT2D eigenvalue weighted by Gasteiger charge is 2.29. The van der Waals surface area contributed by atoms with Gasteiger partial charge in [0.2, 0.25) is 5.91 Å². The maximum absolute atomic E-state index is 13.7. The first-order valence-corrected chi connectivity index (χ1v) is 14.2. The van der Waals surface area contributed by atoms with Crippen molar-refractivity contribution >= 4 is 11.6 Å². The maximum atomic E-state index is 13.7. The van der Waals surface area contributed by atoms with Crippen molar-refractivity contribution in [3.05, 3.63) is 65.5 Å². The van der Waals surface area contributed by atoms with Crippen LogP contribution in [0.5, 0.6) is 17.2 Å². The van der Waals surface area contributed by atoms with E-state index in [9.17, 15) is 4.79 Å². The number of aromatic nitrogens is 1. The van der Waals surface area contributed by atoms with Crippen molar-refractivity contribution in [1.82, 2.24) is 5.16 Å². The molecule has 0 spiro atoms. The number of anilines is 1. The molecule has 0 saturated carbocycles. The van der Waals surface area contributed by atoms with E-state index in [0.717, 1.165) is 24.1 Å². The van der Waals surface area contributed by atoms with Gasteiger partial charge in [-0.15, -0.1) is 0 Å². The molecule has 0 saturated heterocycles. The summed E-state index contributed by atoms with van der Waals surface area (Å²) in [5.41, 5.74) is 2.11. The maximum Gasteiger partial charge on any atom is 0.239 e. The lowest BCUT2D eigenvalue weighted by Crippen LogP contribution is -2.22. The Kier molecular flexibility index (Phi) is 12.7. The van der Waals surface area contributed by atoms with E-state index < -0.39 is 5.92 Å². The van der Waals surface area contributed by atoms with Crippen molar-refractivity contribution in [3.8, 4) is 17.2 Å². The largest absolute Gasteiger partial charge is 0.496 e. The van der Waals surface area contributed by atoms with Crippen LogP contribution in [0.25, 0.3) is 0 Å². The Bertz CT molecular complexity index is 1100. The van der Waals surface area contributed by atoms with E-state index >= 15 is 0 Å². The van der Waals surface area contributed by atoms with Crippen LogP contribution in [0.4, 0.5) is 5.69 Å². The third-order valence-electron chi connectivity index (χ3n) is 7.01. The van der Waals surface area contributed by atoms with Crippen molar-refractivity contribution in [3.63, 3.8) is 0 Å². The molecule has 7 nitrogen and oxygen atoms in total. The molecule has 0 radical (unpaired) electrons. The molecule has 0 bridgehead atoms. The van der Waals surface area contributed by atoms with Crippen molar-refractivity contribution in [2.75, 3.05) is 26.6 Å². The average molecular weight is 537 g/mol. The van der Waals surface area contributed by atoms with Crippen LogP contribution in [0, 0.1) is 0 Å². The summed E-state index contributed by atoms with van der Waals surface area (Å²) >= 11 is 0. The molecular weight excluding hydrogens is 492 g/mol. The third-order valence-corrected chi connectivity index (χ3v) is 7.01. The van der Waals surface area contributed by atoms with E-state index in [1.165, 1.54) is 72.0 Å². The Morgan fingerprint density at radius 1 is 0.821 bits per heavy atom. The lowest BCUT2D eigenvalue weighted by atomic mass is 9.94. The fourth-order valence-electron chi connectivity index (χ4n) is 4.79. The zero-order valence-electron chi connectivity index (χ0n) is 24.0. The van der Waals surface area contributed by atoms with E-state index in [4.69, 9.17) is 18.7 Å². The SMILES string of the molecule is CCCCCCCCCCCCc1cc([C@H](C(=O)Nc2c(OC)cc(OC)cc2OC)c2ccccc2)on1. The number of unbranched alkanes of at least 4 members (excludes halogenated alkanes) is 9. The Morgan fingerprint density at radius 3 is 1.97 bits per heavy atom. The van der Waals surface area contributed by atoms with Crippen LogP contribution >= 0.6 is 0 Å². The second-order valence-electron chi connectivity index (χ2n) is 9.89. The van der Waals surface area contributed by atoms with Gasteiger partial charge < -0.3 is 24.1 Å². The fourth-order valence-corrected chi connectivity index (χ4v) is 4.79. The molecule has 7 heteroatoms. The van der Waals surface area contributed by atoms with Gasteiger partial charge >= 0.3 is 0 Å². The molecule has 0 unspecified atom stereocenters. The summed E-state index contributed by atoms with van der Waals surface area (Å²) in [4.78, 5) is 13.7. The Hall–Kier alpha value is -3.48. The predicted molar refractivity (Wildman–Crippen MR) is 155 cm³/mol. The standard InChI is InChI=1S/C32H44N2O5/c1-5-6-7-8-9-10-11-12-13-17-20-25-21-27(39-34-25)30(24-18-15-14-16-19-24)32(35)33-31-28(37-3)22-26(36-2)23-29(31)38-4/h14-16,18-19,21-23,30H,5-13,17,20H2,1-4H3,(H,33,35)/t30-/m1/s1. The number of rotatable bonds is 18. The van der Waals surface area contributed by atoms with Gasteiger partial charge in [0.1, 0.15) is 28.9 Å². The van der Waals surface area contributed by atoms with Gasteiger partial charge in [-0.2, -0.15) is 0 Å². The molecule has 0 aliphatic carbocycles. The molecule has 1 N–H and O–H groups in total. The average Bonchev–Trinajstić information content (AvgIpc) is 3.42. The third kappa shape index (κ3) is 9.05. The first kappa shape index (κ1) is 30.1. The quantitative estimate of drug-likeness (QED) is 0.166. The molecule has 1 heterocycles. The monoisotopic (exact) mass is 536 g/mol. The number of carbonyl (C=O) groups excluding carboxylic acids is 1. The fraction of sp³-hybridized carbons (Fsp3) is 0.500. The number of nitrogens with one attached hydrogen (secondary N) is 1. The van der Waals surface area contributed by atoms with E-state index in [0.29, 0.717) is 28.7 Å². The van der Waals surface area contributed by atoms with Crippen LogP contribution in [0.2, 0.25) is 0 Å². The van der Waals surface area contributed by atoms with Crippen molar-refractivity contribution in [2.45, 2.75) is 83.5 Å². The summed E-state index contributed by atoms with van der Waals surface area (Å²) < 4.78 is 22.1. The minimum absolute atomic E-state index is 0.274. The molecule has 1 atom stereocenters. The topological polar surface area (TPSA) is 82.8 Å². The van der Waals surface area contributed by atoms with Crippen LogP contribution in [0.1, 0.15) is 94.1 Å². The Labute approximate surface area is 233 Å². The van der Waals surface area contributed by atoms with Gasteiger partial charge in [0.15, 0.2) is 5.76 Å². The van der Waals surface area contributed by atoms with Crippen molar-refractivity contribution < 1.29 is 23.5 Å². The number of aryl methyl sites for hydroxylation is 1. The van der Waals surface area contributed by atoms with E-state index in [1.54, 1.807) is 19.2 Å². The summed E-state index contributed by atoms with van der Waals surface area (Å²) in [6, 6.07) is 14.9. The summed E-state index contributed by atoms with van der Waals surface area (Å²) in [6.07, 6.45) is 13.7. The molecule has 39 heavy (non-hydrogen) atoms. The van der Waals surface area contributed by atoms with E-state index in [1.807, 2.05) is 36.4 Å². The van der Waals surface area contributed by atoms with Gasteiger partial charge in [-0.05, 0) is 18.4 Å². The van der Waals surface area contributed by atoms with Crippen LogP contribution in [-0.2, 0) is 11.2 Å². The zero-order chi connectivity index (χ0) is 27.9. The number of nitrogens with zero attached hydrogens (tertiary/aromatic N) is 1. The van der Waals surface area contributed by atoms with Crippen LogP contribution in [-0.4, -0.2) is 32.4 Å². The predicted octanol–water partition coefficient (Wildman–Crippen LogP) is 7.93. The highest BCUT2D eigenvalue weighted by Crippen LogP contribution is 2.40. The number of amides is 1. The summed E-state index contributed by atoms with van der Waals surface area (Å²) in [7, 11) is 4.64. The highest BCUT2D eigenvalue weighted by molar-refractivity contribution is 6.00. The summed E-state index contributed by atoms with van der Waals surface area (Å²) in [5.74, 6) is 0.984. The van der Waals surface area contributed by atoms with Crippen LogP contribution in [0.3, 0.4) is 0 Å². The van der Waals surface area contributed by atoms with Gasteiger partial charge in [-0.3, -0.25) is 4.79 Å². The zero-order valence-corrected chi connectivity index (χ0v) is 24.0. The number of benzene rings is 2. The minimum atomic E-state index is -0.684.